The number of nitrogen functional groups attached to an aromatic ring is 1. The normalized spacial score (nSPS) is 23.8. The highest BCUT2D eigenvalue weighted by molar-refractivity contribution is 7.89. The molecule has 3 aliphatic carbocycles. The van der Waals surface area contributed by atoms with Crippen molar-refractivity contribution in [3.05, 3.63) is 77.5 Å². The SMILES string of the molecule is Nc1ccc(S(=O)(=O)n2nc(-c3ccccc3)c3c2C2CC=C4CCCCC4C2C(=O)C3=O)cc1. The molecule has 3 aliphatic rings. The molecule has 2 aromatic carbocycles. The van der Waals surface area contributed by atoms with Gasteiger partial charge < -0.3 is 5.73 Å². The minimum absolute atomic E-state index is 0.0187. The predicted octanol–water partition coefficient (Wildman–Crippen LogP) is 4.35. The third-order valence-electron chi connectivity index (χ3n) is 7.66. The van der Waals surface area contributed by atoms with Crippen molar-refractivity contribution < 1.29 is 18.0 Å². The summed E-state index contributed by atoms with van der Waals surface area (Å²) in [6, 6.07) is 14.9. The predicted molar refractivity (Wildman–Crippen MR) is 131 cm³/mol. The zero-order chi connectivity index (χ0) is 24.3. The Morgan fingerprint density at radius 2 is 1.69 bits per heavy atom. The van der Waals surface area contributed by atoms with Crippen LogP contribution in [0.2, 0.25) is 0 Å². The van der Waals surface area contributed by atoms with Gasteiger partial charge in [-0.1, -0.05) is 48.4 Å². The van der Waals surface area contributed by atoms with E-state index in [1.807, 2.05) is 6.07 Å². The van der Waals surface area contributed by atoms with Crippen LogP contribution < -0.4 is 5.73 Å². The molecule has 0 saturated heterocycles. The Hall–Kier alpha value is -3.52. The molecule has 7 nitrogen and oxygen atoms in total. The monoisotopic (exact) mass is 487 g/mol. The summed E-state index contributed by atoms with van der Waals surface area (Å²) in [5.74, 6) is -2.03. The first kappa shape index (κ1) is 22.0. The van der Waals surface area contributed by atoms with Gasteiger partial charge in [0.2, 0.25) is 11.6 Å². The van der Waals surface area contributed by atoms with E-state index in [0.717, 1.165) is 29.8 Å². The maximum Gasteiger partial charge on any atom is 0.283 e. The van der Waals surface area contributed by atoms with Gasteiger partial charge in [-0.15, -0.1) is 0 Å². The highest BCUT2D eigenvalue weighted by atomic mass is 32.2. The second-order valence-corrected chi connectivity index (χ2v) is 11.4. The molecule has 1 heterocycles. The third-order valence-corrected chi connectivity index (χ3v) is 9.26. The highest BCUT2D eigenvalue weighted by Crippen LogP contribution is 2.52. The highest BCUT2D eigenvalue weighted by Gasteiger charge is 2.51. The van der Waals surface area contributed by atoms with Crippen molar-refractivity contribution in [1.82, 2.24) is 9.19 Å². The largest absolute Gasteiger partial charge is 0.399 e. The molecule has 1 fully saturated rings. The van der Waals surface area contributed by atoms with Crippen LogP contribution in [0.1, 0.15) is 54.1 Å². The number of anilines is 1. The quantitative estimate of drug-likeness (QED) is 0.334. The van der Waals surface area contributed by atoms with Crippen LogP contribution in [-0.2, 0) is 14.8 Å². The van der Waals surface area contributed by atoms with E-state index in [0.29, 0.717) is 23.4 Å². The molecule has 3 aromatic rings. The van der Waals surface area contributed by atoms with E-state index in [-0.39, 0.29) is 22.1 Å². The van der Waals surface area contributed by atoms with Crippen molar-refractivity contribution in [2.45, 2.75) is 42.9 Å². The Bertz CT molecular complexity index is 1490. The van der Waals surface area contributed by atoms with E-state index in [2.05, 4.69) is 11.2 Å². The van der Waals surface area contributed by atoms with Crippen LogP contribution >= 0.6 is 0 Å². The van der Waals surface area contributed by atoms with Crippen molar-refractivity contribution >= 4 is 27.3 Å². The molecule has 2 N–H and O–H groups in total. The fourth-order valence-corrected chi connectivity index (χ4v) is 7.39. The molecule has 0 bridgehead atoms. The molecule has 3 unspecified atom stereocenters. The number of hydrogen-bond donors (Lipinski definition) is 1. The molecule has 35 heavy (non-hydrogen) atoms. The Kier molecular flexibility index (Phi) is 5.03. The van der Waals surface area contributed by atoms with Crippen LogP contribution in [-0.4, -0.2) is 29.2 Å². The first-order valence-electron chi connectivity index (χ1n) is 11.9. The van der Waals surface area contributed by atoms with Gasteiger partial charge in [0, 0.05) is 23.1 Å². The minimum Gasteiger partial charge on any atom is -0.399 e. The number of carbonyl (C=O) groups is 2. The molecule has 178 valence electrons. The van der Waals surface area contributed by atoms with Gasteiger partial charge in [0.25, 0.3) is 10.0 Å². The van der Waals surface area contributed by atoms with Crippen LogP contribution in [0.4, 0.5) is 5.69 Å². The Morgan fingerprint density at radius 3 is 2.43 bits per heavy atom. The summed E-state index contributed by atoms with van der Waals surface area (Å²) in [5, 5.41) is 4.52. The van der Waals surface area contributed by atoms with Crippen molar-refractivity contribution in [3.63, 3.8) is 0 Å². The van der Waals surface area contributed by atoms with Crippen LogP contribution in [0.25, 0.3) is 11.3 Å². The zero-order valence-electron chi connectivity index (χ0n) is 19.1. The number of aromatic nitrogens is 2. The van der Waals surface area contributed by atoms with Crippen LogP contribution in [0, 0.1) is 11.8 Å². The summed E-state index contributed by atoms with van der Waals surface area (Å²) < 4.78 is 28.7. The second kappa shape index (κ2) is 8.02. The lowest BCUT2D eigenvalue weighted by Crippen LogP contribution is -2.43. The van der Waals surface area contributed by atoms with E-state index in [1.165, 1.54) is 29.8 Å². The van der Waals surface area contributed by atoms with E-state index in [4.69, 9.17) is 5.73 Å². The molecule has 6 rings (SSSR count). The van der Waals surface area contributed by atoms with Gasteiger partial charge in [0.15, 0.2) is 0 Å². The van der Waals surface area contributed by atoms with Crippen molar-refractivity contribution in [2.24, 2.45) is 11.8 Å². The maximum absolute atomic E-state index is 13.9. The molecule has 0 amide bonds. The summed E-state index contributed by atoms with van der Waals surface area (Å²) in [4.78, 5) is 27.2. The number of hydrogen-bond acceptors (Lipinski definition) is 6. The maximum atomic E-state index is 13.9. The number of nitrogens with two attached hydrogens (primary N) is 1. The number of benzene rings is 2. The lowest BCUT2D eigenvalue weighted by Gasteiger charge is -2.41. The van der Waals surface area contributed by atoms with Gasteiger partial charge >= 0.3 is 0 Å². The molecule has 1 saturated carbocycles. The summed E-state index contributed by atoms with van der Waals surface area (Å²) in [5.41, 5.74) is 8.73. The molecule has 0 spiro atoms. The molecule has 0 aliphatic heterocycles. The summed E-state index contributed by atoms with van der Waals surface area (Å²) >= 11 is 0. The number of carbonyl (C=O) groups excluding carboxylic acids is 2. The number of rotatable bonds is 3. The molecule has 3 atom stereocenters. The topological polar surface area (TPSA) is 112 Å². The summed E-state index contributed by atoms with van der Waals surface area (Å²) in [7, 11) is -4.14. The standard InChI is InChI=1S/C27H25N3O4S/c28-18-11-13-19(14-12-18)35(33,34)30-25-21-15-10-16-6-4-5-9-20(16)22(21)26(31)27(32)23(25)24(29-30)17-7-2-1-3-8-17/h1-3,7-8,10-14,20-22H,4-6,9,15,28H2. The van der Waals surface area contributed by atoms with E-state index >= 15 is 0 Å². The zero-order valence-corrected chi connectivity index (χ0v) is 19.9. The number of fused-ring (bicyclic) bond motifs is 5. The van der Waals surface area contributed by atoms with E-state index < -0.39 is 33.4 Å². The molecular formula is C27H25N3O4S. The molecule has 8 heteroatoms. The van der Waals surface area contributed by atoms with Gasteiger partial charge in [-0.25, -0.2) is 0 Å². The summed E-state index contributed by atoms with van der Waals surface area (Å²) in [6.07, 6.45) is 6.52. The van der Waals surface area contributed by atoms with Gasteiger partial charge in [-0.2, -0.15) is 17.6 Å². The second-order valence-electron chi connectivity index (χ2n) is 9.58. The molecule has 0 radical (unpaired) electrons. The number of ketones is 2. The van der Waals surface area contributed by atoms with Gasteiger partial charge in [-0.3, -0.25) is 9.59 Å². The molecular weight excluding hydrogens is 462 g/mol. The number of Topliss-reactive ketones (excluding diaryl/α,β-unsaturated/α-hetero) is 2. The Labute approximate surface area is 203 Å². The first-order chi connectivity index (χ1) is 16.9. The Morgan fingerprint density at radius 1 is 0.943 bits per heavy atom. The fraction of sp³-hybridized carbons (Fsp3) is 0.296. The minimum atomic E-state index is -4.14. The fourth-order valence-electron chi connectivity index (χ4n) is 6.04. The number of allylic oxidation sites excluding steroid dienone is 2. The van der Waals surface area contributed by atoms with Crippen LogP contribution in [0.3, 0.4) is 0 Å². The van der Waals surface area contributed by atoms with Crippen molar-refractivity contribution in [1.29, 1.82) is 0 Å². The number of nitrogens with zero attached hydrogens (tertiary/aromatic N) is 2. The smallest absolute Gasteiger partial charge is 0.283 e. The van der Waals surface area contributed by atoms with Gasteiger partial charge in [0.1, 0.15) is 5.69 Å². The van der Waals surface area contributed by atoms with Gasteiger partial charge in [0.05, 0.1) is 16.2 Å². The van der Waals surface area contributed by atoms with Gasteiger partial charge in [-0.05, 0) is 55.9 Å². The van der Waals surface area contributed by atoms with Crippen molar-refractivity contribution in [3.8, 4) is 11.3 Å². The Balaban J connectivity index is 1.62. The van der Waals surface area contributed by atoms with Crippen LogP contribution in [0.15, 0.2) is 71.1 Å². The average molecular weight is 488 g/mol. The molecule has 1 aromatic heterocycles. The lowest BCUT2D eigenvalue weighted by atomic mass is 9.61. The third kappa shape index (κ3) is 3.31. The summed E-state index contributed by atoms with van der Waals surface area (Å²) in [6.45, 7) is 0. The van der Waals surface area contributed by atoms with E-state index in [1.54, 1.807) is 24.3 Å². The first-order valence-corrected chi connectivity index (χ1v) is 13.4. The average Bonchev–Trinajstić information content (AvgIpc) is 3.29. The lowest BCUT2D eigenvalue weighted by molar-refractivity contribution is -0.121. The van der Waals surface area contributed by atoms with Crippen LogP contribution in [0.5, 0.6) is 0 Å². The van der Waals surface area contributed by atoms with Crippen molar-refractivity contribution in [2.75, 3.05) is 5.73 Å². The van der Waals surface area contributed by atoms with E-state index in [9.17, 15) is 18.0 Å².